The van der Waals surface area contributed by atoms with Crippen LogP contribution in [0.2, 0.25) is 0 Å². The molecule has 0 radical (unpaired) electrons. The minimum Gasteiger partial charge on any atom is -0.335 e. The second kappa shape index (κ2) is 5.65. The summed E-state index contributed by atoms with van der Waals surface area (Å²) in [5, 5.41) is 0.577. The predicted molar refractivity (Wildman–Crippen MR) is 87.8 cm³/mol. The van der Waals surface area contributed by atoms with E-state index in [1.807, 2.05) is 6.07 Å². The SMILES string of the molecule is O=C(c1cc2c(F)cccc2s1)N1CCC[C@@H]2CCCC[C@@H]21. The van der Waals surface area contributed by atoms with E-state index in [9.17, 15) is 9.18 Å². The summed E-state index contributed by atoms with van der Waals surface area (Å²) < 4.78 is 14.7. The molecule has 2 aromatic rings. The number of hydrogen-bond donors (Lipinski definition) is 0. The van der Waals surface area contributed by atoms with Crippen LogP contribution in [0.25, 0.3) is 10.1 Å². The highest BCUT2D eigenvalue weighted by Gasteiger charge is 2.36. The number of hydrogen-bond acceptors (Lipinski definition) is 2. The number of benzene rings is 1. The monoisotopic (exact) mass is 317 g/mol. The summed E-state index contributed by atoms with van der Waals surface area (Å²) in [4.78, 5) is 15.7. The van der Waals surface area contributed by atoms with E-state index in [2.05, 4.69) is 4.90 Å². The van der Waals surface area contributed by atoms with Crippen molar-refractivity contribution in [1.82, 2.24) is 4.90 Å². The summed E-state index contributed by atoms with van der Waals surface area (Å²) >= 11 is 1.42. The van der Waals surface area contributed by atoms with Crippen LogP contribution in [0.3, 0.4) is 0 Å². The van der Waals surface area contributed by atoms with Crippen molar-refractivity contribution in [3.63, 3.8) is 0 Å². The van der Waals surface area contributed by atoms with Gasteiger partial charge in [0, 0.05) is 22.7 Å². The zero-order valence-corrected chi connectivity index (χ0v) is 13.4. The largest absolute Gasteiger partial charge is 0.335 e. The quantitative estimate of drug-likeness (QED) is 0.737. The number of carbonyl (C=O) groups is 1. The zero-order valence-electron chi connectivity index (χ0n) is 12.6. The lowest BCUT2D eigenvalue weighted by molar-refractivity contribution is 0.0395. The molecule has 2 aliphatic rings. The topological polar surface area (TPSA) is 20.3 Å². The molecule has 2 atom stereocenters. The lowest BCUT2D eigenvalue weighted by Gasteiger charge is -2.44. The molecule has 2 heterocycles. The first kappa shape index (κ1) is 14.2. The maximum atomic E-state index is 13.9. The van der Waals surface area contributed by atoms with Gasteiger partial charge in [-0.3, -0.25) is 4.79 Å². The van der Waals surface area contributed by atoms with Crippen molar-refractivity contribution < 1.29 is 9.18 Å². The maximum Gasteiger partial charge on any atom is 0.264 e. The first-order valence-electron chi connectivity index (χ1n) is 8.23. The average Bonchev–Trinajstić information content (AvgIpc) is 2.99. The van der Waals surface area contributed by atoms with E-state index < -0.39 is 0 Å². The van der Waals surface area contributed by atoms with Gasteiger partial charge in [0.2, 0.25) is 0 Å². The summed E-state index contributed by atoms with van der Waals surface area (Å²) in [5.41, 5.74) is 0. The van der Waals surface area contributed by atoms with Gasteiger partial charge in [0.1, 0.15) is 5.82 Å². The van der Waals surface area contributed by atoms with Crippen LogP contribution in [-0.2, 0) is 0 Å². The molecular weight excluding hydrogens is 297 g/mol. The third-order valence-electron chi connectivity index (χ3n) is 5.22. The van der Waals surface area contributed by atoms with E-state index in [4.69, 9.17) is 0 Å². The van der Waals surface area contributed by atoms with Gasteiger partial charge < -0.3 is 4.90 Å². The second-order valence-electron chi connectivity index (χ2n) is 6.51. The summed E-state index contributed by atoms with van der Waals surface area (Å²) in [6.07, 6.45) is 7.29. The minimum absolute atomic E-state index is 0.109. The van der Waals surface area contributed by atoms with Crippen LogP contribution in [0.1, 0.15) is 48.2 Å². The van der Waals surface area contributed by atoms with E-state index in [1.54, 1.807) is 12.1 Å². The van der Waals surface area contributed by atoms with Gasteiger partial charge in [-0.25, -0.2) is 4.39 Å². The zero-order chi connectivity index (χ0) is 15.1. The van der Waals surface area contributed by atoms with E-state index in [1.165, 1.54) is 43.1 Å². The van der Waals surface area contributed by atoms with Crippen LogP contribution in [0, 0.1) is 11.7 Å². The molecule has 0 spiro atoms. The number of thiophene rings is 1. The molecule has 0 bridgehead atoms. The normalized spacial score (nSPS) is 25.2. The number of fused-ring (bicyclic) bond motifs is 2. The summed E-state index contributed by atoms with van der Waals surface area (Å²) in [6, 6.07) is 7.20. The van der Waals surface area contributed by atoms with E-state index in [0.717, 1.165) is 24.1 Å². The molecule has 2 fully saturated rings. The molecule has 1 amide bonds. The Kier molecular flexibility index (Phi) is 3.65. The van der Waals surface area contributed by atoms with Crippen molar-refractivity contribution in [2.24, 2.45) is 5.92 Å². The Morgan fingerprint density at radius 2 is 2.00 bits per heavy atom. The lowest BCUT2D eigenvalue weighted by atomic mass is 9.78. The molecule has 1 aliphatic heterocycles. The van der Waals surface area contributed by atoms with Gasteiger partial charge in [-0.15, -0.1) is 11.3 Å². The van der Waals surface area contributed by atoms with Crippen LogP contribution in [0.5, 0.6) is 0 Å². The fourth-order valence-electron chi connectivity index (χ4n) is 4.15. The van der Waals surface area contributed by atoms with Gasteiger partial charge in [-0.1, -0.05) is 18.9 Å². The Morgan fingerprint density at radius 1 is 1.18 bits per heavy atom. The molecule has 2 nitrogen and oxygen atoms in total. The average molecular weight is 317 g/mol. The molecule has 22 heavy (non-hydrogen) atoms. The lowest BCUT2D eigenvalue weighted by Crippen LogP contribution is -2.49. The standard InChI is InChI=1S/C18H20FNOS/c19-14-7-3-9-16-13(14)11-17(22-16)18(21)20-10-4-6-12-5-1-2-8-15(12)20/h3,7,9,11-12,15H,1-2,4-6,8,10H2/t12-,15-/m0/s1. The van der Waals surface area contributed by atoms with Gasteiger partial charge in [-0.05, 0) is 49.8 Å². The number of piperidine rings is 1. The number of amides is 1. The van der Waals surface area contributed by atoms with Crippen molar-refractivity contribution in [3.05, 3.63) is 35.0 Å². The number of rotatable bonds is 1. The Hall–Kier alpha value is -1.42. The molecule has 1 aliphatic carbocycles. The van der Waals surface area contributed by atoms with Crippen molar-refractivity contribution in [1.29, 1.82) is 0 Å². The summed E-state index contributed by atoms with van der Waals surface area (Å²) in [7, 11) is 0. The third-order valence-corrected chi connectivity index (χ3v) is 6.31. The second-order valence-corrected chi connectivity index (χ2v) is 7.60. The molecule has 116 valence electrons. The highest BCUT2D eigenvalue weighted by Crippen LogP contribution is 2.37. The molecule has 4 rings (SSSR count). The predicted octanol–water partition coefficient (Wildman–Crippen LogP) is 4.84. The van der Waals surface area contributed by atoms with E-state index >= 15 is 0 Å². The Labute approximate surface area is 133 Å². The minimum atomic E-state index is -0.234. The number of halogens is 1. The third kappa shape index (κ3) is 2.34. The first-order valence-corrected chi connectivity index (χ1v) is 9.05. The Morgan fingerprint density at radius 3 is 2.86 bits per heavy atom. The molecular formula is C18H20FNOS. The molecule has 4 heteroatoms. The summed E-state index contributed by atoms with van der Waals surface area (Å²) in [6.45, 7) is 0.858. The summed E-state index contributed by atoms with van der Waals surface area (Å²) in [5.74, 6) is 0.553. The van der Waals surface area contributed by atoms with Crippen LogP contribution < -0.4 is 0 Å². The number of carbonyl (C=O) groups excluding carboxylic acids is 1. The maximum absolute atomic E-state index is 13.9. The molecule has 1 saturated carbocycles. The van der Waals surface area contributed by atoms with Crippen LogP contribution in [0.15, 0.2) is 24.3 Å². The molecule has 0 N–H and O–H groups in total. The number of likely N-dealkylation sites (tertiary alicyclic amines) is 1. The highest BCUT2D eigenvalue weighted by molar-refractivity contribution is 7.20. The van der Waals surface area contributed by atoms with Crippen LogP contribution in [-0.4, -0.2) is 23.4 Å². The molecule has 0 unspecified atom stereocenters. The van der Waals surface area contributed by atoms with Gasteiger partial charge in [0.05, 0.1) is 4.88 Å². The van der Waals surface area contributed by atoms with Crippen LogP contribution in [0.4, 0.5) is 4.39 Å². The molecule has 1 aromatic heterocycles. The highest BCUT2D eigenvalue weighted by atomic mass is 32.1. The Balaban J connectivity index is 1.65. The van der Waals surface area contributed by atoms with Gasteiger partial charge in [0.25, 0.3) is 5.91 Å². The van der Waals surface area contributed by atoms with Gasteiger partial charge in [0.15, 0.2) is 0 Å². The smallest absolute Gasteiger partial charge is 0.264 e. The fourth-order valence-corrected chi connectivity index (χ4v) is 5.18. The van der Waals surface area contributed by atoms with Crippen molar-refractivity contribution in [3.8, 4) is 0 Å². The number of nitrogens with zero attached hydrogens (tertiary/aromatic N) is 1. The van der Waals surface area contributed by atoms with E-state index in [0.29, 0.717) is 22.2 Å². The van der Waals surface area contributed by atoms with Gasteiger partial charge in [-0.2, -0.15) is 0 Å². The molecule has 1 saturated heterocycles. The van der Waals surface area contributed by atoms with Crippen LogP contribution >= 0.6 is 11.3 Å². The molecule has 1 aromatic carbocycles. The fraction of sp³-hybridized carbons (Fsp3) is 0.500. The van der Waals surface area contributed by atoms with Crippen molar-refractivity contribution >= 4 is 27.3 Å². The van der Waals surface area contributed by atoms with E-state index in [-0.39, 0.29) is 11.7 Å². The van der Waals surface area contributed by atoms with Crippen molar-refractivity contribution in [2.75, 3.05) is 6.54 Å². The van der Waals surface area contributed by atoms with Gasteiger partial charge >= 0.3 is 0 Å². The first-order chi connectivity index (χ1) is 10.7. The van der Waals surface area contributed by atoms with Crippen molar-refractivity contribution in [2.45, 2.75) is 44.6 Å². The Bertz CT molecular complexity index is 708.